The summed E-state index contributed by atoms with van der Waals surface area (Å²) in [7, 11) is 0. The molecule has 0 saturated heterocycles. The summed E-state index contributed by atoms with van der Waals surface area (Å²) in [5, 5.41) is 15.0. The van der Waals surface area contributed by atoms with E-state index >= 15 is 0 Å². The summed E-state index contributed by atoms with van der Waals surface area (Å²) < 4.78 is 0.666. The second-order valence-electron chi connectivity index (χ2n) is 5.16. The van der Waals surface area contributed by atoms with Crippen LogP contribution >= 0.6 is 15.9 Å². The average molecular weight is 377 g/mol. The number of benzene rings is 2. The maximum atomic E-state index is 12.0. The first-order chi connectivity index (χ1) is 10.9. The normalized spacial score (nSPS) is 10.2. The van der Waals surface area contributed by atoms with Crippen LogP contribution in [0.4, 0.5) is 5.69 Å². The highest BCUT2D eigenvalue weighted by atomic mass is 79.9. The van der Waals surface area contributed by atoms with Gasteiger partial charge in [0.05, 0.1) is 12.1 Å². The van der Waals surface area contributed by atoms with E-state index in [9.17, 15) is 14.7 Å². The van der Waals surface area contributed by atoms with Crippen LogP contribution in [0.15, 0.2) is 40.9 Å². The number of carbonyl (C=O) groups is 2. The van der Waals surface area contributed by atoms with Crippen molar-refractivity contribution in [1.82, 2.24) is 5.32 Å². The molecule has 0 aliphatic carbocycles. The Labute approximate surface area is 142 Å². The Bertz CT molecular complexity index is 739. The first-order valence-corrected chi connectivity index (χ1v) is 7.80. The Morgan fingerprint density at radius 3 is 2.39 bits per heavy atom. The molecule has 2 rings (SSSR count). The van der Waals surface area contributed by atoms with Gasteiger partial charge in [-0.2, -0.15) is 0 Å². The molecule has 0 bridgehead atoms. The number of phenolic OH excluding ortho intramolecular Hbond substituents is 1. The minimum absolute atomic E-state index is 0.119. The van der Waals surface area contributed by atoms with Gasteiger partial charge in [0.15, 0.2) is 0 Å². The summed E-state index contributed by atoms with van der Waals surface area (Å²) >= 11 is 3.20. The van der Waals surface area contributed by atoms with Crippen molar-refractivity contribution in [1.29, 1.82) is 0 Å². The van der Waals surface area contributed by atoms with E-state index in [1.54, 1.807) is 6.07 Å². The molecule has 0 saturated carbocycles. The largest absolute Gasteiger partial charge is 0.507 e. The van der Waals surface area contributed by atoms with Gasteiger partial charge in [0.25, 0.3) is 5.91 Å². The monoisotopic (exact) mass is 376 g/mol. The van der Waals surface area contributed by atoms with Gasteiger partial charge in [-0.1, -0.05) is 34.1 Å². The fraction of sp³-hybridized carbons (Fsp3) is 0.176. The number of nitrogens with one attached hydrogen (secondary N) is 2. The molecular formula is C17H17BrN2O3. The fourth-order valence-electron chi connectivity index (χ4n) is 2.15. The number of aromatic hydroxyl groups is 1. The number of anilines is 1. The Morgan fingerprint density at radius 1 is 1.13 bits per heavy atom. The number of para-hydroxylation sites is 1. The van der Waals surface area contributed by atoms with E-state index in [-0.39, 0.29) is 23.8 Å². The summed E-state index contributed by atoms with van der Waals surface area (Å²) in [5.74, 6) is -0.981. The minimum atomic E-state index is -0.508. The van der Waals surface area contributed by atoms with Crippen LogP contribution in [0.2, 0.25) is 0 Å². The number of phenols is 1. The van der Waals surface area contributed by atoms with Crippen LogP contribution < -0.4 is 10.6 Å². The molecule has 0 fully saturated rings. The maximum absolute atomic E-state index is 12.0. The minimum Gasteiger partial charge on any atom is -0.507 e. The first kappa shape index (κ1) is 17.0. The lowest BCUT2D eigenvalue weighted by Crippen LogP contribution is -2.33. The number of hydrogen-bond acceptors (Lipinski definition) is 3. The highest BCUT2D eigenvalue weighted by molar-refractivity contribution is 9.10. The van der Waals surface area contributed by atoms with Crippen LogP contribution in [0, 0.1) is 13.8 Å². The molecule has 5 nitrogen and oxygen atoms in total. The van der Waals surface area contributed by atoms with Crippen LogP contribution in [0.5, 0.6) is 5.75 Å². The van der Waals surface area contributed by atoms with Crippen molar-refractivity contribution in [3.05, 3.63) is 57.6 Å². The molecule has 6 heteroatoms. The van der Waals surface area contributed by atoms with Crippen LogP contribution in [0.3, 0.4) is 0 Å². The molecular weight excluding hydrogens is 360 g/mol. The molecule has 0 heterocycles. The molecule has 120 valence electrons. The molecule has 0 radical (unpaired) electrons. The molecule has 0 aromatic heterocycles. The summed E-state index contributed by atoms with van der Waals surface area (Å²) in [6.45, 7) is 3.63. The third kappa shape index (κ3) is 4.32. The SMILES string of the molecule is Cc1cccc(C)c1NC(=O)CNC(=O)c1ccc(Br)cc1O. The van der Waals surface area contributed by atoms with Gasteiger partial charge in [-0.3, -0.25) is 9.59 Å². The molecule has 0 aliphatic rings. The van der Waals surface area contributed by atoms with Crippen molar-refractivity contribution in [3.8, 4) is 5.75 Å². The van der Waals surface area contributed by atoms with E-state index in [4.69, 9.17) is 0 Å². The third-order valence-corrected chi connectivity index (χ3v) is 3.85. The number of amides is 2. The van der Waals surface area contributed by atoms with E-state index in [1.807, 2.05) is 32.0 Å². The zero-order valence-corrected chi connectivity index (χ0v) is 14.4. The second-order valence-corrected chi connectivity index (χ2v) is 6.07. The van der Waals surface area contributed by atoms with Gasteiger partial charge in [-0.15, -0.1) is 0 Å². The van der Waals surface area contributed by atoms with Crippen LogP contribution in [-0.2, 0) is 4.79 Å². The summed E-state index contributed by atoms with van der Waals surface area (Å²) in [4.78, 5) is 24.0. The summed E-state index contributed by atoms with van der Waals surface area (Å²) in [6, 6.07) is 10.3. The second kappa shape index (κ2) is 7.28. The third-order valence-electron chi connectivity index (χ3n) is 3.36. The smallest absolute Gasteiger partial charge is 0.255 e. The molecule has 0 atom stereocenters. The lowest BCUT2D eigenvalue weighted by Gasteiger charge is -2.12. The fourth-order valence-corrected chi connectivity index (χ4v) is 2.50. The van der Waals surface area contributed by atoms with Gasteiger partial charge in [-0.25, -0.2) is 0 Å². The number of halogens is 1. The van der Waals surface area contributed by atoms with E-state index in [0.717, 1.165) is 16.8 Å². The Hall–Kier alpha value is -2.34. The lowest BCUT2D eigenvalue weighted by molar-refractivity contribution is -0.115. The Kier molecular flexibility index (Phi) is 5.39. The van der Waals surface area contributed by atoms with Gasteiger partial charge in [-0.05, 0) is 43.2 Å². The van der Waals surface area contributed by atoms with Crippen molar-refractivity contribution in [2.45, 2.75) is 13.8 Å². The lowest BCUT2D eigenvalue weighted by atomic mass is 10.1. The van der Waals surface area contributed by atoms with E-state index < -0.39 is 5.91 Å². The van der Waals surface area contributed by atoms with Crippen molar-refractivity contribution < 1.29 is 14.7 Å². The van der Waals surface area contributed by atoms with E-state index in [1.165, 1.54) is 12.1 Å². The van der Waals surface area contributed by atoms with E-state index in [0.29, 0.717) is 4.47 Å². The van der Waals surface area contributed by atoms with Crippen LogP contribution in [-0.4, -0.2) is 23.5 Å². The molecule has 0 spiro atoms. The topological polar surface area (TPSA) is 78.4 Å². The van der Waals surface area contributed by atoms with Gasteiger partial charge in [0, 0.05) is 10.2 Å². The highest BCUT2D eigenvalue weighted by Gasteiger charge is 2.13. The number of rotatable bonds is 4. The molecule has 0 unspecified atom stereocenters. The van der Waals surface area contributed by atoms with Gasteiger partial charge in [0.1, 0.15) is 5.75 Å². The zero-order chi connectivity index (χ0) is 17.0. The Balaban J connectivity index is 1.98. The first-order valence-electron chi connectivity index (χ1n) is 7.01. The molecule has 23 heavy (non-hydrogen) atoms. The van der Waals surface area contributed by atoms with Crippen molar-refractivity contribution in [2.75, 3.05) is 11.9 Å². The van der Waals surface area contributed by atoms with Gasteiger partial charge >= 0.3 is 0 Å². The van der Waals surface area contributed by atoms with Crippen LogP contribution in [0.1, 0.15) is 21.5 Å². The van der Waals surface area contributed by atoms with Gasteiger partial charge in [0.2, 0.25) is 5.91 Å². The van der Waals surface area contributed by atoms with Crippen molar-refractivity contribution in [2.24, 2.45) is 0 Å². The van der Waals surface area contributed by atoms with Crippen molar-refractivity contribution >= 4 is 33.4 Å². The van der Waals surface area contributed by atoms with Crippen molar-refractivity contribution in [3.63, 3.8) is 0 Å². The molecule has 2 aromatic rings. The highest BCUT2D eigenvalue weighted by Crippen LogP contribution is 2.22. The van der Waals surface area contributed by atoms with Gasteiger partial charge < -0.3 is 15.7 Å². The van der Waals surface area contributed by atoms with E-state index in [2.05, 4.69) is 26.6 Å². The summed E-state index contributed by atoms with van der Waals surface area (Å²) in [5.41, 5.74) is 2.77. The zero-order valence-electron chi connectivity index (χ0n) is 12.8. The standard InChI is InChI=1S/C17H17BrN2O3/c1-10-4-3-5-11(2)16(10)20-15(22)9-19-17(23)13-7-6-12(18)8-14(13)21/h3-8,21H,9H2,1-2H3,(H,19,23)(H,20,22). The number of hydrogen-bond donors (Lipinski definition) is 3. The summed E-state index contributed by atoms with van der Waals surface area (Å²) in [6.07, 6.45) is 0. The predicted octanol–water partition coefficient (Wildman–Crippen LogP) is 3.14. The molecule has 2 aromatic carbocycles. The molecule has 3 N–H and O–H groups in total. The predicted molar refractivity (Wildman–Crippen MR) is 92.7 cm³/mol. The maximum Gasteiger partial charge on any atom is 0.255 e. The van der Waals surface area contributed by atoms with Crippen LogP contribution in [0.25, 0.3) is 0 Å². The number of carbonyl (C=O) groups excluding carboxylic acids is 2. The number of aryl methyl sites for hydroxylation is 2. The Morgan fingerprint density at radius 2 is 1.78 bits per heavy atom. The quantitative estimate of drug-likeness (QED) is 0.766. The molecule has 2 amide bonds. The molecule has 0 aliphatic heterocycles. The average Bonchev–Trinajstić information content (AvgIpc) is 2.49.